The molecule has 170 valence electrons. The fourth-order valence-electron chi connectivity index (χ4n) is 2.04. The molecule has 5 amide bonds. The summed E-state index contributed by atoms with van der Waals surface area (Å²) in [4.78, 5) is 69.7. The molecule has 14 heteroatoms. The number of amides is 5. The Kier molecular flexibility index (Phi) is 11.6. The molecular formula is C16H29N7O7. The minimum Gasteiger partial charge on any atom is -0.480 e. The predicted molar refractivity (Wildman–Crippen MR) is 103 cm³/mol. The van der Waals surface area contributed by atoms with Crippen LogP contribution in [0.5, 0.6) is 0 Å². The van der Waals surface area contributed by atoms with Crippen LogP contribution in [0.15, 0.2) is 0 Å². The summed E-state index contributed by atoms with van der Waals surface area (Å²) in [6, 6.07) is -4.45. The van der Waals surface area contributed by atoms with Gasteiger partial charge in [0, 0.05) is 20.0 Å². The van der Waals surface area contributed by atoms with E-state index >= 15 is 0 Å². The molecule has 0 heterocycles. The van der Waals surface area contributed by atoms with Crippen molar-refractivity contribution in [3.8, 4) is 0 Å². The molecule has 0 radical (unpaired) electrons. The highest BCUT2D eigenvalue weighted by molar-refractivity contribution is 5.94. The molecule has 14 nitrogen and oxygen atoms in total. The van der Waals surface area contributed by atoms with Crippen molar-refractivity contribution in [3.63, 3.8) is 0 Å². The van der Waals surface area contributed by atoms with Crippen LogP contribution in [0.2, 0.25) is 0 Å². The van der Waals surface area contributed by atoms with Gasteiger partial charge in [-0.2, -0.15) is 0 Å². The van der Waals surface area contributed by atoms with E-state index in [-0.39, 0.29) is 13.1 Å². The van der Waals surface area contributed by atoms with Gasteiger partial charge < -0.3 is 43.2 Å². The van der Waals surface area contributed by atoms with E-state index in [0.29, 0.717) is 0 Å². The largest absolute Gasteiger partial charge is 0.480 e. The zero-order chi connectivity index (χ0) is 23.4. The molecular weight excluding hydrogens is 402 g/mol. The Labute approximate surface area is 172 Å². The van der Waals surface area contributed by atoms with Gasteiger partial charge in [-0.1, -0.05) is 0 Å². The molecule has 4 atom stereocenters. The number of nitrogens with one attached hydrogen (secondary N) is 5. The summed E-state index contributed by atoms with van der Waals surface area (Å²) >= 11 is 0. The van der Waals surface area contributed by atoms with E-state index in [1.54, 1.807) is 0 Å². The van der Waals surface area contributed by atoms with Gasteiger partial charge in [-0.05, 0) is 13.8 Å². The van der Waals surface area contributed by atoms with Gasteiger partial charge in [0.25, 0.3) is 0 Å². The monoisotopic (exact) mass is 431 g/mol. The number of carbonyl (C=O) groups is 6. The highest BCUT2D eigenvalue weighted by atomic mass is 16.4. The van der Waals surface area contributed by atoms with E-state index in [9.17, 15) is 28.8 Å². The number of carboxylic acid groups (broad SMARTS) is 1. The highest BCUT2D eigenvalue weighted by Gasteiger charge is 2.25. The van der Waals surface area contributed by atoms with Gasteiger partial charge in [-0.3, -0.25) is 28.8 Å². The van der Waals surface area contributed by atoms with E-state index in [1.807, 2.05) is 0 Å². The molecule has 0 rings (SSSR count). The highest BCUT2D eigenvalue weighted by Crippen LogP contribution is 1.89. The maximum absolute atomic E-state index is 12.1. The van der Waals surface area contributed by atoms with Crippen LogP contribution in [0.3, 0.4) is 0 Å². The van der Waals surface area contributed by atoms with Crippen molar-refractivity contribution in [1.29, 1.82) is 0 Å². The maximum atomic E-state index is 12.1. The van der Waals surface area contributed by atoms with Gasteiger partial charge >= 0.3 is 5.97 Å². The van der Waals surface area contributed by atoms with Crippen LogP contribution in [0.4, 0.5) is 0 Å². The second kappa shape index (κ2) is 13.1. The number of hydrogen-bond donors (Lipinski definition) is 8. The molecule has 0 aromatic rings. The zero-order valence-corrected chi connectivity index (χ0v) is 17.0. The minimum absolute atomic E-state index is 0.271. The van der Waals surface area contributed by atoms with E-state index < -0.39 is 66.2 Å². The third kappa shape index (κ3) is 9.79. The Hall–Kier alpha value is -3.26. The second-order valence-corrected chi connectivity index (χ2v) is 6.36. The third-order valence-electron chi connectivity index (χ3n) is 3.72. The van der Waals surface area contributed by atoms with Gasteiger partial charge in [0.15, 0.2) is 0 Å². The Balaban J connectivity index is 4.65. The Morgan fingerprint density at radius 3 is 1.77 bits per heavy atom. The lowest BCUT2D eigenvalue weighted by Gasteiger charge is -2.20. The lowest BCUT2D eigenvalue weighted by atomic mass is 10.2. The molecule has 10 N–H and O–H groups in total. The standard InChI is InChI=1S/C16H29N7O7/c1-7(20-9(3)24)13(26)23-10(4-17)14(27)19-6-12(25)22-11(5-18)15(28)21-8(2)16(29)30/h7-8,10-11H,4-6,17-18H2,1-3H3,(H,19,27)(H,20,24)(H,21,28)(H,22,25)(H,23,26)(H,29,30)/t7-,8-,10-,11-/m0/s1. The third-order valence-corrected chi connectivity index (χ3v) is 3.72. The van der Waals surface area contributed by atoms with E-state index in [0.717, 1.165) is 0 Å². The van der Waals surface area contributed by atoms with Gasteiger partial charge in [-0.15, -0.1) is 0 Å². The number of nitrogens with two attached hydrogens (primary N) is 2. The number of aliphatic carboxylic acids is 1. The Morgan fingerprint density at radius 1 is 0.767 bits per heavy atom. The molecule has 0 saturated heterocycles. The second-order valence-electron chi connectivity index (χ2n) is 6.36. The van der Waals surface area contributed by atoms with Crippen LogP contribution in [0.25, 0.3) is 0 Å². The summed E-state index contributed by atoms with van der Waals surface area (Å²) < 4.78 is 0. The topological polar surface area (TPSA) is 235 Å². The number of carbonyl (C=O) groups excluding carboxylic acids is 5. The number of hydrogen-bond acceptors (Lipinski definition) is 8. The maximum Gasteiger partial charge on any atom is 0.325 e. The number of rotatable bonds is 12. The van der Waals surface area contributed by atoms with Crippen molar-refractivity contribution in [2.75, 3.05) is 19.6 Å². The molecule has 0 aromatic carbocycles. The van der Waals surface area contributed by atoms with Crippen molar-refractivity contribution in [2.24, 2.45) is 11.5 Å². The quantitative estimate of drug-likeness (QED) is 0.148. The van der Waals surface area contributed by atoms with Crippen LogP contribution >= 0.6 is 0 Å². The summed E-state index contributed by atoms with van der Waals surface area (Å²) in [7, 11) is 0. The van der Waals surface area contributed by atoms with E-state index in [2.05, 4.69) is 26.6 Å². The first-order valence-corrected chi connectivity index (χ1v) is 9.00. The Morgan fingerprint density at radius 2 is 1.30 bits per heavy atom. The van der Waals surface area contributed by atoms with Gasteiger partial charge in [0.05, 0.1) is 6.54 Å². The van der Waals surface area contributed by atoms with Crippen LogP contribution in [0.1, 0.15) is 20.8 Å². The average molecular weight is 431 g/mol. The molecule has 0 unspecified atom stereocenters. The summed E-state index contributed by atoms with van der Waals surface area (Å²) in [6.07, 6.45) is 0. The van der Waals surface area contributed by atoms with Crippen molar-refractivity contribution in [2.45, 2.75) is 44.9 Å². The molecule has 0 aliphatic heterocycles. The summed E-state index contributed by atoms with van der Waals surface area (Å²) in [5, 5.41) is 20.1. The van der Waals surface area contributed by atoms with Crippen molar-refractivity contribution in [1.82, 2.24) is 26.6 Å². The molecule has 0 spiro atoms. The normalized spacial score (nSPS) is 14.3. The fraction of sp³-hybridized carbons (Fsp3) is 0.625. The average Bonchev–Trinajstić information content (AvgIpc) is 2.67. The van der Waals surface area contributed by atoms with Gasteiger partial charge in [0.1, 0.15) is 24.2 Å². The summed E-state index contributed by atoms with van der Waals surface area (Å²) in [5.74, 6) is -4.67. The zero-order valence-electron chi connectivity index (χ0n) is 17.0. The molecule has 0 fully saturated rings. The fourth-order valence-corrected chi connectivity index (χ4v) is 2.04. The Bertz CT molecular complexity index is 670. The lowest BCUT2D eigenvalue weighted by molar-refractivity contribution is -0.141. The molecule has 0 saturated carbocycles. The number of carboxylic acids is 1. The first-order chi connectivity index (χ1) is 13.9. The molecule has 30 heavy (non-hydrogen) atoms. The summed E-state index contributed by atoms with van der Waals surface area (Å²) in [5.41, 5.74) is 10.9. The summed E-state index contributed by atoms with van der Waals surface area (Å²) in [6.45, 7) is 2.76. The van der Waals surface area contributed by atoms with Crippen LogP contribution in [0, 0.1) is 0 Å². The first-order valence-electron chi connectivity index (χ1n) is 9.00. The molecule has 0 aliphatic carbocycles. The lowest BCUT2D eigenvalue weighted by Crippen LogP contribution is -2.57. The van der Waals surface area contributed by atoms with Crippen LogP contribution < -0.4 is 38.1 Å². The van der Waals surface area contributed by atoms with Gasteiger partial charge in [0.2, 0.25) is 29.5 Å². The van der Waals surface area contributed by atoms with E-state index in [1.165, 1.54) is 20.8 Å². The SMILES string of the molecule is CC(=O)N[C@@H](C)C(=O)N[C@@H](CN)C(=O)NCC(=O)N[C@@H](CN)C(=O)N[C@@H](C)C(=O)O. The van der Waals surface area contributed by atoms with Crippen LogP contribution in [-0.4, -0.2) is 84.4 Å². The van der Waals surface area contributed by atoms with Crippen molar-refractivity contribution >= 4 is 35.5 Å². The van der Waals surface area contributed by atoms with Gasteiger partial charge in [-0.25, -0.2) is 0 Å². The molecule has 0 bridgehead atoms. The van der Waals surface area contributed by atoms with Crippen molar-refractivity contribution in [3.05, 3.63) is 0 Å². The first kappa shape index (κ1) is 26.7. The van der Waals surface area contributed by atoms with Crippen LogP contribution in [-0.2, 0) is 28.8 Å². The molecule has 0 aliphatic rings. The predicted octanol–water partition coefficient (Wildman–Crippen LogP) is -4.90. The minimum atomic E-state index is -1.26. The van der Waals surface area contributed by atoms with Crippen molar-refractivity contribution < 1.29 is 33.9 Å². The smallest absolute Gasteiger partial charge is 0.325 e. The molecule has 0 aromatic heterocycles. The van der Waals surface area contributed by atoms with E-state index in [4.69, 9.17) is 16.6 Å².